The molecular weight excluding hydrogens is 178 g/mol. The fourth-order valence-electron chi connectivity index (χ4n) is 1.79. The summed E-state index contributed by atoms with van der Waals surface area (Å²) in [6.45, 7) is 2.55. The molecule has 2 fully saturated rings. The predicted octanol–water partition coefficient (Wildman–Crippen LogP) is 1.17. The molecule has 66 valence electrons. The van der Waals surface area contributed by atoms with Crippen LogP contribution in [0, 0.1) is 11.8 Å². The van der Waals surface area contributed by atoms with Crippen molar-refractivity contribution in [2.75, 3.05) is 6.61 Å². The summed E-state index contributed by atoms with van der Waals surface area (Å²) < 4.78 is 6.79. The maximum absolute atomic E-state index is 10.5. The molecule has 4 heteroatoms. The van der Waals surface area contributed by atoms with Gasteiger partial charge in [0.05, 0.1) is 0 Å². The maximum atomic E-state index is 10.5. The van der Waals surface area contributed by atoms with E-state index in [2.05, 4.69) is 0 Å². The zero-order valence-corrected chi connectivity index (χ0v) is 7.54. The molecule has 0 aromatic rings. The molecule has 2 rings (SSSR count). The van der Waals surface area contributed by atoms with Crippen LogP contribution >= 0.6 is 11.8 Å². The fraction of sp³-hybridized carbons (Fsp3) is 0.750. The van der Waals surface area contributed by atoms with Gasteiger partial charge in [0, 0.05) is 30.2 Å². The summed E-state index contributed by atoms with van der Waals surface area (Å²) in [7, 11) is 0. The molecule has 1 aliphatic heterocycles. The average Bonchev–Trinajstić information content (AvgIpc) is 2.77. The fourth-order valence-corrected chi connectivity index (χ4v) is 2.15. The Balaban J connectivity index is 2.14. The van der Waals surface area contributed by atoms with Gasteiger partial charge < -0.3 is 4.74 Å². The average molecular weight is 188 g/mol. The third-order valence-electron chi connectivity index (χ3n) is 2.45. The minimum Gasteiger partial charge on any atom is -0.357 e. The zero-order valence-electron chi connectivity index (χ0n) is 6.79. The lowest BCUT2D eigenvalue weighted by Crippen LogP contribution is -2.26. The van der Waals surface area contributed by atoms with Gasteiger partial charge in [-0.1, -0.05) is 0 Å². The number of ether oxygens (including phenoxy) is 1. The highest BCUT2D eigenvalue weighted by molar-refractivity contribution is 6.15. The van der Waals surface area contributed by atoms with Gasteiger partial charge in [-0.25, -0.2) is 4.79 Å². The first-order valence-electron chi connectivity index (χ1n) is 4.11. The third kappa shape index (κ3) is 0.977. The van der Waals surface area contributed by atoms with Gasteiger partial charge in [-0.15, -0.1) is 0 Å². The Hall–Kier alpha value is -0.500. The number of carbonyl (C=O) groups excluding carboxylic acids is 1. The van der Waals surface area contributed by atoms with Crippen LogP contribution < -0.4 is 0 Å². The molecule has 12 heavy (non-hydrogen) atoms. The summed E-state index contributed by atoms with van der Waals surface area (Å²) in [6, 6.07) is 0. The quantitative estimate of drug-likeness (QED) is 0.480. The summed E-state index contributed by atoms with van der Waals surface area (Å²) in [5.74, 6) is 2.62. The van der Waals surface area contributed by atoms with Gasteiger partial charge in [-0.05, 0) is 13.3 Å². The lowest BCUT2D eigenvalue weighted by Gasteiger charge is -2.20. The lowest BCUT2D eigenvalue weighted by atomic mass is 10.3. The lowest BCUT2D eigenvalue weighted by molar-refractivity contribution is -0.000781. The molecule has 0 aromatic carbocycles. The van der Waals surface area contributed by atoms with Crippen molar-refractivity contribution >= 4 is 17.7 Å². The molecule has 0 radical (unpaired) electrons. The van der Waals surface area contributed by atoms with Gasteiger partial charge in [0.1, 0.15) is 17.9 Å². The van der Waals surface area contributed by atoms with Crippen LogP contribution in [-0.4, -0.2) is 23.2 Å². The van der Waals surface area contributed by atoms with E-state index >= 15 is 0 Å². The first-order chi connectivity index (χ1) is 5.79. The number of allylic oxidation sites excluding steroid dienone is 1. The first kappa shape index (κ1) is 8.11. The van der Waals surface area contributed by atoms with Crippen molar-refractivity contribution in [3.63, 3.8) is 0 Å². The van der Waals surface area contributed by atoms with Crippen molar-refractivity contribution in [2.45, 2.75) is 19.6 Å². The first-order valence-corrected chi connectivity index (χ1v) is 4.45. The largest absolute Gasteiger partial charge is 0.357 e. The van der Waals surface area contributed by atoms with Crippen molar-refractivity contribution in [3.8, 4) is 0 Å². The Morgan fingerprint density at radius 2 is 2.58 bits per heavy atom. The molecule has 0 bridgehead atoms. The van der Waals surface area contributed by atoms with Crippen molar-refractivity contribution in [2.24, 2.45) is 11.8 Å². The number of halogens is 1. The molecule has 1 saturated carbocycles. The SMILES string of the molecule is CCOC1C2CC2C(=C=O)N1Cl. The number of hydrogen-bond acceptors (Lipinski definition) is 3. The van der Waals surface area contributed by atoms with Gasteiger partial charge in [0.2, 0.25) is 0 Å². The van der Waals surface area contributed by atoms with E-state index in [1.54, 1.807) is 0 Å². The van der Waals surface area contributed by atoms with Crippen LogP contribution in [0.5, 0.6) is 0 Å². The number of nitrogens with zero attached hydrogens (tertiary/aromatic N) is 1. The summed E-state index contributed by atoms with van der Waals surface area (Å²) in [5.41, 5.74) is 0.570. The van der Waals surface area contributed by atoms with E-state index in [0.717, 1.165) is 6.42 Å². The van der Waals surface area contributed by atoms with Gasteiger partial charge in [-0.3, -0.25) is 4.42 Å². The molecule has 3 nitrogen and oxygen atoms in total. The molecule has 1 saturated heterocycles. The Labute approximate surface area is 76.0 Å². The van der Waals surface area contributed by atoms with Crippen molar-refractivity contribution in [1.82, 2.24) is 4.42 Å². The summed E-state index contributed by atoms with van der Waals surface area (Å²) in [6.07, 6.45) is 0.927. The molecule has 0 aromatic heterocycles. The molecule has 1 aliphatic carbocycles. The number of hydrogen-bond donors (Lipinski definition) is 0. The van der Waals surface area contributed by atoms with Crippen LogP contribution in [0.3, 0.4) is 0 Å². The summed E-state index contributed by atoms with van der Waals surface area (Å²) in [4.78, 5) is 10.5. The zero-order chi connectivity index (χ0) is 8.72. The molecule has 1 heterocycles. The van der Waals surface area contributed by atoms with E-state index in [1.807, 2.05) is 12.9 Å². The number of fused-ring (bicyclic) bond motifs is 1. The van der Waals surface area contributed by atoms with Gasteiger partial charge in [0.15, 0.2) is 0 Å². The molecule has 3 unspecified atom stereocenters. The number of piperidine rings is 1. The smallest absolute Gasteiger partial charge is 0.148 e. The Kier molecular flexibility index (Phi) is 1.87. The Morgan fingerprint density at radius 3 is 3.08 bits per heavy atom. The van der Waals surface area contributed by atoms with Crippen LogP contribution in [0.15, 0.2) is 5.70 Å². The molecule has 0 amide bonds. The maximum Gasteiger partial charge on any atom is 0.148 e. The standard InChI is InChI=1S/C8H10ClNO2/c1-2-12-8-6-3-5(6)7(4-11)10(8)9/h5-6,8H,2-3H2,1H3. The van der Waals surface area contributed by atoms with Gasteiger partial charge >= 0.3 is 0 Å². The predicted molar refractivity (Wildman–Crippen MR) is 43.9 cm³/mol. The van der Waals surface area contributed by atoms with Gasteiger partial charge in [0.25, 0.3) is 0 Å². The Morgan fingerprint density at radius 1 is 1.83 bits per heavy atom. The third-order valence-corrected chi connectivity index (χ3v) is 2.83. The molecular formula is C8H10ClNO2. The topological polar surface area (TPSA) is 29.5 Å². The Bertz CT molecular complexity index is 249. The van der Waals surface area contributed by atoms with Crippen molar-refractivity contribution in [1.29, 1.82) is 0 Å². The second-order valence-electron chi connectivity index (χ2n) is 3.15. The van der Waals surface area contributed by atoms with Gasteiger partial charge in [-0.2, -0.15) is 0 Å². The van der Waals surface area contributed by atoms with Crippen LogP contribution in [0.2, 0.25) is 0 Å². The second kappa shape index (κ2) is 2.77. The molecule has 0 N–H and O–H groups in total. The molecule has 2 aliphatic rings. The minimum absolute atomic E-state index is 0.0990. The normalized spacial score (nSPS) is 38.0. The van der Waals surface area contributed by atoms with E-state index < -0.39 is 0 Å². The second-order valence-corrected chi connectivity index (χ2v) is 3.51. The highest BCUT2D eigenvalue weighted by atomic mass is 35.5. The van der Waals surface area contributed by atoms with E-state index in [0.29, 0.717) is 24.1 Å². The van der Waals surface area contributed by atoms with Crippen LogP contribution in [0.4, 0.5) is 0 Å². The minimum atomic E-state index is -0.0990. The monoisotopic (exact) mass is 187 g/mol. The van der Waals surface area contributed by atoms with Crippen molar-refractivity contribution in [3.05, 3.63) is 5.70 Å². The summed E-state index contributed by atoms with van der Waals surface area (Å²) >= 11 is 5.86. The highest BCUT2D eigenvalue weighted by Crippen LogP contribution is 2.55. The van der Waals surface area contributed by atoms with Crippen LogP contribution in [0.25, 0.3) is 0 Å². The van der Waals surface area contributed by atoms with Crippen molar-refractivity contribution < 1.29 is 9.53 Å². The van der Waals surface area contributed by atoms with E-state index in [4.69, 9.17) is 16.5 Å². The summed E-state index contributed by atoms with van der Waals surface area (Å²) in [5, 5.41) is 0. The van der Waals surface area contributed by atoms with E-state index in [1.165, 1.54) is 4.42 Å². The molecule has 0 spiro atoms. The van der Waals surface area contributed by atoms with Crippen LogP contribution in [0.1, 0.15) is 13.3 Å². The van der Waals surface area contributed by atoms with E-state index in [9.17, 15) is 4.79 Å². The number of rotatable bonds is 2. The van der Waals surface area contributed by atoms with Crippen LogP contribution in [-0.2, 0) is 9.53 Å². The van der Waals surface area contributed by atoms with E-state index in [-0.39, 0.29) is 6.23 Å². The highest BCUT2D eigenvalue weighted by Gasteiger charge is 2.57. The molecule has 3 atom stereocenters.